The second-order valence-corrected chi connectivity index (χ2v) is 4.48. The molecule has 0 unspecified atom stereocenters. The minimum Gasteiger partial charge on any atom is -0.465 e. The Labute approximate surface area is 117 Å². The summed E-state index contributed by atoms with van der Waals surface area (Å²) in [5.74, 6) is 0. The molecule has 0 fully saturated rings. The van der Waals surface area contributed by atoms with Gasteiger partial charge in [0.05, 0.1) is 5.41 Å². The highest BCUT2D eigenvalue weighted by atomic mass is 16.4. The fraction of sp³-hybridized carbons (Fsp3) is 0.125. The van der Waals surface area contributed by atoms with Crippen LogP contribution >= 0.6 is 0 Å². The van der Waals surface area contributed by atoms with Gasteiger partial charge in [-0.1, -0.05) is 60.7 Å². The Kier molecular flexibility index (Phi) is 4.15. The molecule has 1 amide bonds. The van der Waals surface area contributed by atoms with E-state index >= 15 is 0 Å². The molecular formula is C16H15NO3. The zero-order valence-corrected chi connectivity index (χ0v) is 10.8. The van der Waals surface area contributed by atoms with Gasteiger partial charge in [0.25, 0.3) is 0 Å². The van der Waals surface area contributed by atoms with Crippen molar-refractivity contribution in [2.75, 3.05) is 6.54 Å². The van der Waals surface area contributed by atoms with Crippen molar-refractivity contribution >= 4 is 12.4 Å². The van der Waals surface area contributed by atoms with Crippen LogP contribution in [0, 0.1) is 0 Å². The topological polar surface area (TPSA) is 66.4 Å². The van der Waals surface area contributed by atoms with Gasteiger partial charge < -0.3 is 15.2 Å². The molecule has 0 spiro atoms. The number of aldehydes is 1. The maximum absolute atomic E-state index is 11.8. The number of hydrogen-bond acceptors (Lipinski definition) is 2. The molecule has 0 aromatic heterocycles. The van der Waals surface area contributed by atoms with Crippen molar-refractivity contribution in [3.63, 3.8) is 0 Å². The first-order valence-electron chi connectivity index (χ1n) is 6.23. The monoisotopic (exact) mass is 269 g/mol. The highest BCUT2D eigenvalue weighted by Gasteiger charge is 2.34. The molecule has 0 heterocycles. The molecule has 0 saturated heterocycles. The molecule has 0 aliphatic rings. The van der Waals surface area contributed by atoms with Crippen LogP contribution in [0.2, 0.25) is 0 Å². The summed E-state index contributed by atoms with van der Waals surface area (Å²) in [5, 5.41) is 11.2. The van der Waals surface area contributed by atoms with E-state index in [0.29, 0.717) is 0 Å². The number of rotatable bonds is 5. The van der Waals surface area contributed by atoms with E-state index in [1.54, 1.807) is 0 Å². The first-order valence-corrected chi connectivity index (χ1v) is 6.23. The minimum absolute atomic E-state index is 0.000139. The first-order chi connectivity index (χ1) is 9.69. The van der Waals surface area contributed by atoms with Gasteiger partial charge in [0, 0.05) is 6.54 Å². The quantitative estimate of drug-likeness (QED) is 0.819. The number of hydrogen-bond donors (Lipinski definition) is 2. The van der Waals surface area contributed by atoms with Gasteiger partial charge in [0.1, 0.15) is 6.29 Å². The van der Waals surface area contributed by atoms with Crippen molar-refractivity contribution in [1.29, 1.82) is 0 Å². The lowest BCUT2D eigenvalue weighted by molar-refractivity contribution is -0.111. The summed E-state index contributed by atoms with van der Waals surface area (Å²) in [7, 11) is 0. The van der Waals surface area contributed by atoms with Crippen LogP contribution in [0.5, 0.6) is 0 Å². The van der Waals surface area contributed by atoms with E-state index in [0.717, 1.165) is 17.4 Å². The van der Waals surface area contributed by atoms with Gasteiger partial charge in [-0.3, -0.25) is 0 Å². The molecule has 4 heteroatoms. The van der Waals surface area contributed by atoms with Gasteiger partial charge >= 0.3 is 6.09 Å². The molecule has 0 saturated carbocycles. The van der Waals surface area contributed by atoms with Gasteiger partial charge in [-0.2, -0.15) is 0 Å². The Bertz CT molecular complexity index is 542. The first kappa shape index (κ1) is 13.8. The predicted octanol–water partition coefficient (Wildman–Crippen LogP) is 2.44. The van der Waals surface area contributed by atoms with Crippen LogP contribution in [0.4, 0.5) is 4.79 Å². The van der Waals surface area contributed by atoms with E-state index in [-0.39, 0.29) is 6.54 Å². The lowest BCUT2D eigenvalue weighted by Gasteiger charge is -2.29. The van der Waals surface area contributed by atoms with E-state index in [9.17, 15) is 9.59 Å². The number of carbonyl (C=O) groups is 2. The highest BCUT2D eigenvalue weighted by Crippen LogP contribution is 2.29. The smallest absolute Gasteiger partial charge is 0.404 e. The Morgan fingerprint density at radius 3 is 1.80 bits per heavy atom. The average molecular weight is 269 g/mol. The van der Waals surface area contributed by atoms with Gasteiger partial charge in [-0.25, -0.2) is 4.79 Å². The van der Waals surface area contributed by atoms with Crippen molar-refractivity contribution in [3.8, 4) is 0 Å². The van der Waals surface area contributed by atoms with Crippen molar-refractivity contribution in [2.45, 2.75) is 5.41 Å². The molecule has 0 atom stereocenters. The zero-order chi connectivity index (χ0) is 14.4. The molecule has 2 aromatic rings. The summed E-state index contributed by atoms with van der Waals surface area (Å²) in [6, 6.07) is 18.3. The summed E-state index contributed by atoms with van der Waals surface area (Å²) >= 11 is 0. The number of carbonyl (C=O) groups excluding carboxylic acids is 1. The average Bonchev–Trinajstić information content (AvgIpc) is 2.50. The molecule has 0 radical (unpaired) electrons. The summed E-state index contributed by atoms with van der Waals surface area (Å²) in [6.07, 6.45) is -0.351. The molecule has 0 bridgehead atoms. The number of carboxylic acid groups (broad SMARTS) is 1. The van der Waals surface area contributed by atoms with Crippen molar-refractivity contribution in [3.05, 3.63) is 71.8 Å². The van der Waals surface area contributed by atoms with E-state index in [2.05, 4.69) is 5.32 Å². The second-order valence-electron chi connectivity index (χ2n) is 4.48. The largest absolute Gasteiger partial charge is 0.465 e. The van der Waals surface area contributed by atoms with Crippen LogP contribution in [0.15, 0.2) is 60.7 Å². The Balaban J connectivity index is 2.52. The minimum atomic E-state index is -1.15. The van der Waals surface area contributed by atoms with E-state index < -0.39 is 11.5 Å². The molecule has 2 N–H and O–H groups in total. The normalized spacial score (nSPS) is 10.8. The molecule has 2 aromatic carbocycles. The molecule has 0 aliphatic carbocycles. The summed E-state index contributed by atoms with van der Waals surface area (Å²) < 4.78 is 0. The number of amides is 1. The zero-order valence-electron chi connectivity index (χ0n) is 10.8. The van der Waals surface area contributed by atoms with Gasteiger partial charge in [-0.05, 0) is 11.1 Å². The fourth-order valence-electron chi connectivity index (χ4n) is 2.23. The van der Waals surface area contributed by atoms with Crippen molar-refractivity contribution in [2.24, 2.45) is 0 Å². The standard InChI is InChI=1S/C16H15NO3/c18-12-16(11-17-15(19)20,13-7-3-1-4-8-13)14-9-5-2-6-10-14/h1-10,12,17H,11H2,(H,19,20). The van der Waals surface area contributed by atoms with Gasteiger partial charge in [0.2, 0.25) is 0 Å². The van der Waals surface area contributed by atoms with Crippen LogP contribution in [0.3, 0.4) is 0 Å². The third-order valence-corrected chi connectivity index (χ3v) is 3.30. The van der Waals surface area contributed by atoms with Crippen molar-refractivity contribution in [1.82, 2.24) is 5.32 Å². The summed E-state index contributed by atoms with van der Waals surface area (Å²) in [6.45, 7) is -0.000139. The number of nitrogens with one attached hydrogen (secondary N) is 1. The maximum atomic E-state index is 11.8. The Morgan fingerprint density at radius 1 is 1.00 bits per heavy atom. The van der Waals surface area contributed by atoms with E-state index in [1.165, 1.54) is 0 Å². The van der Waals surface area contributed by atoms with Crippen LogP contribution < -0.4 is 5.32 Å². The Morgan fingerprint density at radius 2 is 1.45 bits per heavy atom. The van der Waals surface area contributed by atoms with Gasteiger partial charge in [-0.15, -0.1) is 0 Å². The molecule has 20 heavy (non-hydrogen) atoms. The van der Waals surface area contributed by atoms with Crippen LogP contribution in [-0.4, -0.2) is 24.0 Å². The SMILES string of the molecule is O=CC(CNC(=O)O)(c1ccccc1)c1ccccc1. The molecule has 102 valence electrons. The van der Waals surface area contributed by atoms with Crippen LogP contribution in [0.25, 0.3) is 0 Å². The lowest BCUT2D eigenvalue weighted by Crippen LogP contribution is -2.42. The second kappa shape index (κ2) is 6.02. The summed E-state index contributed by atoms with van der Waals surface area (Å²) in [4.78, 5) is 22.6. The maximum Gasteiger partial charge on any atom is 0.404 e. The van der Waals surface area contributed by atoms with E-state index in [4.69, 9.17) is 5.11 Å². The molecule has 4 nitrogen and oxygen atoms in total. The highest BCUT2D eigenvalue weighted by molar-refractivity contribution is 5.77. The fourth-order valence-corrected chi connectivity index (χ4v) is 2.23. The number of benzene rings is 2. The van der Waals surface area contributed by atoms with Crippen LogP contribution in [-0.2, 0) is 10.2 Å². The van der Waals surface area contributed by atoms with Crippen LogP contribution in [0.1, 0.15) is 11.1 Å². The van der Waals surface area contributed by atoms with Gasteiger partial charge in [0.15, 0.2) is 0 Å². The van der Waals surface area contributed by atoms with E-state index in [1.807, 2.05) is 60.7 Å². The molecule has 2 rings (SSSR count). The third kappa shape index (κ3) is 2.69. The Hall–Kier alpha value is -2.62. The lowest BCUT2D eigenvalue weighted by atomic mass is 9.75. The molecule has 0 aliphatic heterocycles. The predicted molar refractivity (Wildman–Crippen MR) is 75.8 cm³/mol. The summed E-state index contributed by atoms with van der Waals surface area (Å²) in [5.41, 5.74) is 0.505. The van der Waals surface area contributed by atoms with Crippen molar-refractivity contribution < 1.29 is 14.7 Å². The molecular weight excluding hydrogens is 254 g/mol. The third-order valence-electron chi connectivity index (χ3n) is 3.30.